The van der Waals surface area contributed by atoms with Crippen molar-refractivity contribution in [2.45, 2.75) is 24.5 Å². The van der Waals surface area contributed by atoms with Crippen LogP contribution in [0, 0.1) is 11.6 Å². The number of carbonyl (C=O) groups is 1. The van der Waals surface area contributed by atoms with Gasteiger partial charge in [-0.2, -0.15) is 0 Å². The Kier molecular flexibility index (Phi) is 5.50. The van der Waals surface area contributed by atoms with Crippen molar-refractivity contribution < 1.29 is 23.8 Å². The molecule has 3 atom stereocenters. The lowest BCUT2D eigenvalue weighted by atomic mass is 9.77. The number of hydrogen-bond acceptors (Lipinski definition) is 3. The molecular formula is C24H21F2NO3. The fourth-order valence-corrected chi connectivity index (χ4v) is 3.95. The number of hydrogen-bond donors (Lipinski definition) is 2. The lowest BCUT2D eigenvalue weighted by Gasteiger charge is -2.48. The van der Waals surface area contributed by atoms with Crippen LogP contribution in [0.1, 0.15) is 41.2 Å². The molecule has 0 radical (unpaired) electrons. The summed E-state index contributed by atoms with van der Waals surface area (Å²) in [6.07, 6.45) is -0.536. The van der Waals surface area contributed by atoms with Gasteiger partial charge < -0.3 is 15.1 Å². The first kappa shape index (κ1) is 20.0. The number of aromatic hydroxyl groups is 1. The van der Waals surface area contributed by atoms with Crippen molar-refractivity contribution in [1.29, 1.82) is 0 Å². The summed E-state index contributed by atoms with van der Waals surface area (Å²) in [6.45, 7) is 0.306. The minimum atomic E-state index is -0.830. The van der Waals surface area contributed by atoms with Crippen LogP contribution < -0.4 is 0 Å². The maximum atomic E-state index is 13.3. The summed E-state index contributed by atoms with van der Waals surface area (Å²) in [5.41, 5.74) is 2.15. The largest absolute Gasteiger partial charge is 0.508 e. The molecule has 0 aliphatic carbocycles. The van der Waals surface area contributed by atoms with Gasteiger partial charge in [0.15, 0.2) is 0 Å². The second-order valence-electron chi connectivity index (χ2n) is 7.45. The molecule has 3 aromatic carbocycles. The van der Waals surface area contributed by atoms with Crippen LogP contribution >= 0.6 is 0 Å². The Bertz CT molecular complexity index is 1020. The molecule has 0 unspecified atom stereocenters. The molecule has 6 heteroatoms. The Morgan fingerprint density at radius 3 is 1.97 bits per heavy atom. The highest BCUT2D eigenvalue weighted by Gasteiger charge is 2.48. The number of amides is 1. The molecular weight excluding hydrogens is 388 g/mol. The first-order valence-electron chi connectivity index (χ1n) is 9.72. The Morgan fingerprint density at radius 2 is 1.37 bits per heavy atom. The van der Waals surface area contributed by atoms with E-state index in [1.54, 1.807) is 41.3 Å². The van der Waals surface area contributed by atoms with E-state index in [0.29, 0.717) is 18.5 Å². The molecule has 0 aromatic heterocycles. The summed E-state index contributed by atoms with van der Waals surface area (Å²) < 4.78 is 26.4. The van der Waals surface area contributed by atoms with Gasteiger partial charge in [-0.1, -0.05) is 36.4 Å². The number of phenolic OH excluding ortho intramolecular Hbond substituents is 1. The number of aliphatic hydroxyl groups excluding tert-OH is 1. The summed E-state index contributed by atoms with van der Waals surface area (Å²) in [5, 5.41) is 20.0. The van der Waals surface area contributed by atoms with Crippen LogP contribution in [0.5, 0.6) is 5.75 Å². The standard InChI is InChI=1S/C24H21F2NO3/c25-18-7-1-15(2-8-18)21(29)13-14-27-23(17-5-11-20(28)12-6-17)22(24(27)30)16-3-9-19(26)10-4-16/h1-12,21-23,28-29H,13-14H2/t21-,22+,23+/m1/s1. The molecule has 2 N–H and O–H groups in total. The number of β-lactam (4-membered cyclic amide) rings is 1. The monoisotopic (exact) mass is 409 g/mol. The van der Waals surface area contributed by atoms with Crippen LogP contribution in [0.2, 0.25) is 0 Å². The van der Waals surface area contributed by atoms with Gasteiger partial charge in [0.05, 0.1) is 18.1 Å². The zero-order valence-electron chi connectivity index (χ0n) is 16.1. The number of nitrogens with zero attached hydrogens (tertiary/aromatic N) is 1. The van der Waals surface area contributed by atoms with Gasteiger partial charge in [-0.15, -0.1) is 0 Å². The summed E-state index contributed by atoms with van der Waals surface area (Å²) >= 11 is 0. The van der Waals surface area contributed by atoms with E-state index in [1.807, 2.05) is 0 Å². The summed E-state index contributed by atoms with van der Waals surface area (Å²) in [4.78, 5) is 14.6. The fraction of sp³-hybridized carbons (Fsp3) is 0.208. The van der Waals surface area contributed by atoms with E-state index >= 15 is 0 Å². The van der Waals surface area contributed by atoms with Crippen LogP contribution in [0.25, 0.3) is 0 Å². The zero-order valence-corrected chi connectivity index (χ0v) is 16.1. The van der Waals surface area contributed by atoms with Gasteiger partial charge in [-0.05, 0) is 59.5 Å². The van der Waals surface area contributed by atoms with Crippen molar-refractivity contribution in [3.05, 3.63) is 101 Å². The van der Waals surface area contributed by atoms with Crippen LogP contribution in [0.4, 0.5) is 8.78 Å². The van der Waals surface area contributed by atoms with Crippen molar-refractivity contribution in [2.24, 2.45) is 0 Å². The number of phenols is 1. The number of aliphatic hydroxyl groups is 1. The molecule has 1 amide bonds. The highest BCUT2D eigenvalue weighted by atomic mass is 19.1. The van der Waals surface area contributed by atoms with Gasteiger partial charge in [0.25, 0.3) is 0 Å². The topological polar surface area (TPSA) is 60.8 Å². The van der Waals surface area contributed by atoms with Crippen molar-refractivity contribution >= 4 is 5.91 Å². The molecule has 0 saturated carbocycles. The Labute approximate surface area is 173 Å². The first-order chi connectivity index (χ1) is 14.4. The van der Waals surface area contributed by atoms with E-state index in [0.717, 1.165) is 11.1 Å². The average molecular weight is 409 g/mol. The van der Waals surface area contributed by atoms with Gasteiger partial charge in [-0.25, -0.2) is 8.78 Å². The molecule has 1 saturated heterocycles. The van der Waals surface area contributed by atoms with E-state index in [1.165, 1.54) is 36.4 Å². The van der Waals surface area contributed by atoms with Gasteiger partial charge >= 0.3 is 0 Å². The van der Waals surface area contributed by atoms with Crippen molar-refractivity contribution in [1.82, 2.24) is 4.90 Å². The number of carbonyl (C=O) groups excluding carboxylic acids is 1. The van der Waals surface area contributed by atoms with E-state index in [4.69, 9.17) is 0 Å². The molecule has 4 nitrogen and oxygen atoms in total. The third-order valence-corrected chi connectivity index (χ3v) is 5.56. The van der Waals surface area contributed by atoms with E-state index in [9.17, 15) is 23.8 Å². The Balaban J connectivity index is 1.55. The van der Waals surface area contributed by atoms with Gasteiger partial charge in [0.2, 0.25) is 5.91 Å². The lowest BCUT2D eigenvalue weighted by molar-refractivity contribution is -0.151. The zero-order chi connectivity index (χ0) is 21.3. The molecule has 3 aromatic rings. The maximum absolute atomic E-state index is 13.3. The van der Waals surface area contributed by atoms with Crippen LogP contribution in [0.3, 0.4) is 0 Å². The SMILES string of the molecule is O=C1[C@@H](c2ccc(F)cc2)[C@H](c2ccc(O)cc2)N1CC[C@@H](O)c1ccc(F)cc1. The van der Waals surface area contributed by atoms with E-state index in [-0.39, 0.29) is 29.3 Å². The summed E-state index contributed by atoms with van der Waals surface area (Å²) in [5.74, 6) is -1.19. The van der Waals surface area contributed by atoms with Gasteiger partial charge in [0, 0.05) is 6.54 Å². The normalized spacial score (nSPS) is 19.4. The van der Waals surface area contributed by atoms with Crippen molar-refractivity contribution in [3.8, 4) is 5.75 Å². The fourth-order valence-electron chi connectivity index (χ4n) is 3.95. The quantitative estimate of drug-likeness (QED) is 0.591. The second-order valence-corrected chi connectivity index (χ2v) is 7.45. The number of benzene rings is 3. The average Bonchev–Trinajstić information content (AvgIpc) is 2.74. The predicted molar refractivity (Wildman–Crippen MR) is 108 cm³/mol. The molecule has 30 heavy (non-hydrogen) atoms. The molecule has 0 spiro atoms. The number of likely N-dealkylation sites (tertiary alicyclic amines) is 1. The Hall–Kier alpha value is -3.25. The summed E-state index contributed by atoms with van der Waals surface area (Å²) in [7, 11) is 0. The number of rotatable bonds is 6. The third kappa shape index (κ3) is 3.91. The van der Waals surface area contributed by atoms with Gasteiger partial charge in [0.1, 0.15) is 17.4 Å². The highest BCUT2D eigenvalue weighted by Crippen LogP contribution is 2.47. The second kappa shape index (κ2) is 8.24. The maximum Gasteiger partial charge on any atom is 0.233 e. The first-order valence-corrected chi connectivity index (χ1v) is 9.72. The molecule has 1 aliphatic rings. The van der Waals surface area contributed by atoms with E-state index in [2.05, 4.69) is 0 Å². The molecule has 154 valence electrons. The third-order valence-electron chi connectivity index (χ3n) is 5.56. The lowest BCUT2D eigenvalue weighted by Crippen LogP contribution is -2.53. The minimum absolute atomic E-state index is 0.106. The molecule has 1 fully saturated rings. The minimum Gasteiger partial charge on any atom is -0.508 e. The van der Waals surface area contributed by atoms with Crippen LogP contribution in [-0.4, -0.2) is 27.6 Å². The van der Waals surface area contributed by atoms with Crippen molar-refractivity contribution in [3.63, 3.8) is 0 Å². The molecule has 1 aliphatic heterocycles. The summed E-state index contributed by atoms with van der Waals surface area (Å²) in [6, 6.07) is 17.8. The van der Waals surface area contributed by atoms with Crippen molar-refractivity contribution in [2.75, 3.05) is 6.54 Å². The van der Waals surface area contributed by atoms with Crippen LogP contribution in [-0.2, 0) is 4.79 Å². The molecule has 1 heterocycles. The smallest absolute Gasteiger partial charge is 0.233 e. The predicted octanol–water partition coefficient (Wildman–Crippen LogP) is 4.46. The number of halogens is 2. The van der Waals surface area contributed by atoms with Gasteiger partial charge in [-0.3, -0.25) is 4.79 Å². The van der Waals surface area contributed by atoms with Crippen LogP contribution in [0.15, 0.2) is 72.8 Å². The Morgan fingerprint density at radius 1 is 0.833 bits per heavy atom. The van der Waals surface area contributed by atoms with E-state index < -0.39 is 12.0 Å². The molecule has 0 bridgehead atoms. The molecule has 4 rings (SSSR count). The highest BCUT2D eigenvalue weighted by molar-refractivity contribution is 5.91.